The predicted molar refractivity (Wildman–Crippen MR) is 76.8 cm³/mol. The Bertz CT molecular complexity index is 295. The molecule has 0 aliphatic rings. The molecule has 0 aliphatic carbocycles. The predicted octanol–water partition coefficient (Wildman–Crippen LogP) is 4.01. The fraction of sp³-hybridized carbons (Fsp3) is 0.600. The number of nitrogens with one attached hydrogen (secondary N) is 1. The summed E-state index contributed by atoms with van der Waals surface area (Å²) in [5.74, 6) is 0.726. The van der Waals surface area contributed by atoms with Crippen LogP contribution in [0.2, 0.25) is 0 Å². The highest BCUT2D eigenvalue weighted by Crippen LogP contribution is 2.10. The lowest BCUT2D eigenvalue weighted by Gasteiger charge is -2.25. The van der Waals surface area contributed by atoms with Crippen molar-refractivity contribution in [3.8, 4) is 0 Å². The van der Waals surface area contributed by atoms with Crippen LogP contribution in [-0.2, 0) is 6.42 Å². The SMILES string of the molecule is CC(C)(CCCl)NCCCCc1ccccc1. The van der Waals surface area contributed by atoms with Crippen LogP contribution in [0.3, 0.4) is 0 Å². The van der Waals surface area contributed by atoms with Gasteiger partial charge in [0.2, 0.25) is 0 Å². The summed E-state index contributed by atoms with van der Waals surface area (Å²) in [6, 6.07) is 10.7. The smallest absolute Gasteiger partial charge is 0.0240 e. The molecule has 0 aliphatic heterocycles. The maximum Gasteiger partial charge on any atom is 0.0240 e. The van der Waals surface area contributed by atoms with E-state index in [0.717, 1.165) is 18.8 Å². The molecule has 0 spiro atoms. The van der Waals surface area contributed by atoms with Crippen LogP contribution in [-0.4, -0.2) is 18.0 Å². The lowest BCUT2D eigenvalue weighted by atomic mass is 10.0. The van der Waals surface area contributed by atoms with Crippen molar-refractivity contribution in [3.05, 3.63) is 35.9 Å². The normalized spacial score (nSPS) is 11.7. The average molecular weight is 254 g/mol. The highest BCUT2D eigenvalue weighted by Gasteiger charge is 2.14. The molecule has 0 bridgehead atoms. The summed E-state index contributed by atoms with van der Waals surface area (Å²) in [5, 5.41) is 3.56. The first-order valence-corrected chi connectivity index (χ1v) is 7.02. The number of benzene rings is 1. The van der Waals surface area contributed by atoms with E-state index in [2.05, 4.69) is 49.5 Å². The monoisotopic (exact) mass is 253 g/mol. The molecule has 1 rings (SSSR count). The summed E-state index contributed by atoms with van der Waals surface area (Å²) in [7, 11) is 0. The van der Waals surface area contributed by atoms with Crippen molar-refractivity contribution in [2.45, 2.75) is 45.1 Å². The fourth-order valence-electron chi connectivity index (χ4n) is 1.85. The molecule has 0 saturated heterocycles. The van der Waals surface area contributed by atoms with Crippen LogP contribution in [0.1, 0.15) is 38.7 Å². The van der Waals surface area contributed by atoms with Crippen LogP contribution in [0.4, 0.5) is 0 Å². The molecular weight excluding hydrogens is 230 g/mol. The Labute approximate surface area is 111 Å². The summed E-state index contributed by atoms with van der Waals surface area (Å²) >= 11 is 5.77. The first kappa shape index (κ1) is 14.5. The van der Waals surface area contributed by atoms with Crippen LogP contribution in [0.15, 0.2) is 30.3 Å². The Morgan fingerprint density at radius 3 is 2.47 bits per heavy atom. The first-order valence-electron chi connectivity index (χ1n) is 6.49. The molecule has 0 unspecified atom stereocenters. The van der Waals surface area contributed by atoms with Crippen molar-refractivity contribution in [2.24, 2.45) is 0 Å². The molecule has 0 fully saturated rings. The number of halogens is 1. The minimum absolute atomic E-state index is 0.175. The van der Waals surface area contributed by atoms with Crippen molar-refractivity contribution < 1.29 is 0 Å². The van der Waals surface area contributed by atoms with E-state index in [4.69, 9.17) is 11.6 Å². The first-order chi connectivity index (χ1) is 8.14. The average Bonchev–Trinajstić information content (AvgIpc) is 2.30. The molecule has 0 atom stereocenters. The van der Waals surface area contributed by atoms with Gasteiger partial charge in [-0.15, -0.1) is 11.6 Å². The van der Waals surface area contributed by atoms with E-state index in [1.165, 1.54) is 24.8 Å². The van der Waals surface area contributed by atoms with Crippen LogP contribution in [0, 0.1) is 0 Å². The van der Waals surface area contributed by atoms with Crippen LogP contribution in [0.5, 0.6) is 0 Å². The molecule has 1 nitrogen and oxygen atoms in total. The molecule has 1 N–H and O–H groups in total. The second-order valence-electron chi connectivity index (χ2n) is 5.19. The summed E-state index contributed by atoms with van der Waals surface area (Å²) < 4.78 is 0. The zero-order valence-corrected chi connectivity index (χ0v) is 11.8. The third-order valence-electron chi connectivity index (χ3n) is 3.06. The molecule has 1 aromatic rings. The Hall–Kier alpha value is -0.530. The lowest BCUT2D eigenvalue weighted by molar-refractivity contribution is 0.374. The van der Waals surface area contributed by atoms with Gasteiger partial charge in [-0.3, -0.25) is 0 Å². The van der Waals surface area contributed by atoms with Gasteiger partial charge in [-0.1, -0.05) is 30.3 Å². The summed E-state index contributed by atoms with van der Waals surface area (Å²) in [4.78, 5) is 0. The highest BCUT2D eigenvalue weighted by molar-refractivity contribution is 6.17. The van der Waals surface area contributed by atoms with E-state index in [0.29, 0.717) is 0 Å². The van der Waals surface area contributed by atoms with Crippen LogP contribution >= 0.6 is 11.6 Å². The van der Waals surface area contributed by atoms with Gasteiger partial charge in [-0.05, 0) is 51.6 Å². The number of aryl methyl sites for hydroxylation is 1. The number of hydrogen-bond donors (Lipinski definition) is 1. The molecule has 0 amide bonds. The van der Waals surface area contributed by atoms with Gasteiger partial charge >= 0.3 is 0 Å². The van der Waals surface area contributed by atoms with Gasteiger partial charge in [-0.2, -0.15) is 0 Å². The summed E-state index contributed by atoms with van der Waals surface area (Å²) in [6.07, 6.45) is 4.67. The van der Waals surface area contributed by atoms with Crippen molar-refractivity contribution in [1.29, 1.82) is 0 Å². The second kappa shape index (κ2) is 7.73. The number of hydrogen-bond acceptors (Lipinski definition) is 1. The van der Waals surface area contributed by atoms with Crippen LogP contribution in [0.25, 0.3) is 0 Å². The van der Waals surface area contributed by atoms with Gasteiger partial charge < -0.3 is 5.32 Å². The zero-order chi connectivity index (χ0) is 12.6. The Balaban J connectivity index is 2.09. The van der Waals surface area contributed by atoms with E-state index in [-0.39, 0.29) is 5.54 Å². The van der Waals surface area contributed by atoms with E-state index < -0.39 is 0 Å². The Morgan fingerprint density at radius 1 is 1.12 bits per heavy atom. The van der Waals surface area contributed by atoms with Crippen molar-refractivity contribution in [1.82, 2.24) is 5.32 Å². The van der Waals surface area contributed by atoms with Gasteiger partial charge in [0.05, 0.1) is 0 Å². The molecule has 0 heterocycles. The standard InChI is InChI=1S/C15H24ClN/c1-15(2,11-12-16)17-13-7-6-10-14-8-4-3-5-9-14/h3-5,8-9,17H,6-7,10-13H2,1-2H3. The molecule has 96 valence electrons. The molecular formula is C15H24ClN. The van der Waals surface area contributed by atoms with E-state index in [1.807, 2.05) is 0 Å². The number of unbranched alkanes of at least 4 members (excludes halogenated alkanes) is 1. The minimum Gasteiger partial charge on any atom is -0.312 e. The van der Waals surface area contributed by atoms with Gasteiger partial charge in [0, 0.05) is 11.4 Å². The Morgan fingerprint density at radius 2 is 1.82 bits per heavy atom. The molecule has 17 heavy (non-hydrogen) atoms. The maximum absolute atomic E-state index is 5.77. The summed E-state index contributed by atoms with van der Waals surface area (Å²) in [6.45, 7) is 5.51. The molecule has 0 radical (unpaired) electrons. The Kier molecular flexibility index (Phi) is 6.61. The molecule has 2 heteroatoms. The van der Waals surface area contributed by atoms with Crippen LogP contribution < -0.4 is 5.32 Å². The lowest BCUT2D eigenvalue weighted by Crippen LogP contribution is -2.40. The number of rotatable bonds is 8. The largest absolute Gasteiger partial charge is 0.312 e. The van der Waals surface area contributed by atoms with E-state index in [1.54, 1.807) is 0 Å². The maximum atomic E-state index is 5.77. The molecule has 0 aromatic heterocycles. The van der Waals surface area contributed by atoms with Gasteiger partial charge in [0.1, 0.15) is 0 Å². The molecule has 1 aromatic carbocycles. The van der Waals surface area contributed by atoms with E-state index >= 15 is 0 Å². The third-order valence-corrected chi connectivity index (χ3v) is 3.25. The fourth-order valence-corrected chi connectivity index (χ4v) is 2.32. The highest BCUT2D eigenvalue weighted by atomic mass is 35.5. The van der Waals surface area contributed by atoms with Gasteiger partial charge in [0.25, 0.3) is 0 Å². The minimum atomic E-state index is 0.175. The van der Waals surface area contributed by atoms with Gasteiger partial charge in [0.15, 0.2) is 0 Å². The summed E-state index contributed by atoms with van der Waals surface area (Å²) in [5.41, 5.74) is 1.61. The second-order valence-corrected chi connectivity index (χ2v) is 5.57. The zero-order valence-electron chi connectivity index (χ0n) is 11.0. The molecule has 0 saturated carbocycles. The van der Waals surface area contributed by atoms with Gasteiger partial charge in [-0.25, -0.2) is 0 Å². The number of alkyl halides is 1. The van der Waals surface area contributed by atoms with E-state index in [9.17, 15) is 0 Å². The topological polar surface area (TPSA) is 12.0 Å². The van der Waals surface area contributed by atoms with Crippen molar-refractivity contribution in [3.63, 3.8) is 0 Å². The quantitative estimate of drug-likeness (QED) is 0.545. The van der Waals surface area contributed by atoms with Crippen molar-refractivity contribution in [2.75, 3.05) is 12.4 Å². The third kappa shape index (κ3) is 6.70. The van der Waals surface area contributed by atoms with Crippen molar-refractivity contribution >= 4 is 11.6 Å².